The zero-order valence-corrected chi connectivity index (χ0v) is 8.59. The standard InChI is InChI=1S/C9H15F2NO2/c1-6(2)14-8(13)12-5-9(10,11)4-7(12)3/h6-7H,4-5H2,1-3H3. The molecule has 1 fully saturated rings. The highest BCUT2D eigenvalue weighted by Gasteiger charge is 2.45. The van der Waals surface area contributed by atoms with Crippen LogP contribution >= 0.6 is 0 Å². The third-order valence-electron chi connectivity index (χ3n) is 2.10. The van der Waals surface area contributed by atoms with Crippen LogP contribution in [0, 0.1) is 0 Å². The van der Waals surface area contributed by atoms with Crippen LogP contribution in [0.4, 0.5) is 13.6 Å². The lowest BCUT2D eigenvalue weighted by Crippen LogP contribution is -2.36. The van der Waals surface area contributed by atoms with E-state index in [9.17, 15) is 13.6 Å². The number of alkyl halides is 2. The zero-order valence-electron chi connectivity index (χ0n) is 8.59. The molecule has 1 aliphatic heterocycles. The Balaban J connectivity index is 2.57. The van der Waals surface area contributed by atoms with Crippen molar-refractivity contribution in [3.8, 4) is 0 Å². The smallest absolute Gasteiger partial charge is 0.410 e. The highest BCUT2D eigenvalue weighted by atomic mass is 19.3. The first-order valence-electron chi connectivity index (χ1n) is 4.67. The molecule has 0 aromatic rings. The Morgan fingerprint density at radius 3 is 2.50 bits per heavy atom. The summed E-state index contributed by atoms with van der Waals surface area (Å²) in [5.41, 5.74) is 0. The van der Waals surface area contributed by atoms with Crippen molar-refractivity contribution in [2.24, 2.45) is 0 Å². The second-order valence-electron chi connectivity index (χ2n) is 3.97. The molecule has 0 saturated carbocycles. The van der Waals surface area contributed by atoms with Crippen LogP contribution in [0.2, 0.25) is 0 Å². The highest BCUT2D eigenvalue weighted by molar-refractivity contribution is 5.68. The van der Waals surface area contributed by atoms with Gasteiger partial charge in [0.1, 0.15) is 0 Å². The van der Waals surface area contributed by atoms with Gasteiger partial charge in [-0.25, -0.2) is 13.6 Å². The van der Waals surface area contributed by atoms with E-state index < -0.39 is 24.6 Å². The van der Waals surface area contributed by atoms with Crippen molar-refractivity contribution in [1.82, 2.24) is 4.90 Å². The molecule has 3 nitrogen and oxygen atoms in total. The summed E-state index contributed by atoms with van der Waals surface area (Å²) in [7, 11) is 0. The van der Waals surface area contributed by atoms with E-state index in [1.54, 1.807) is 20.8 Å². The number of likely N-dealkylation sites (tertiary alicyclic amines) is 1. The van der Waals surface area contributed by atoms with Crippen molar-refractivity contribution in [3.63, 3.8) is 0 Å². The fourth-order valence-corrected chi connectivity index (χ4v) is 1.53. The maximum Gasteiger partial charge on any atom is 0.410 e. The van der Waals surface area contributed by atoms with Crippen LogP contribution in [-0.2, 0) is 4.74 Å². The molecule has 0 bridgehead atoms. The Morgan fingerprint density at radius 1 is 1.57 bits per heavy atom. The summed E-state index contributed by atoms with van der Waals surface area (Å²) in [6, 6.07) is -0.448. The Hall–Kier alpha value is -0.870. The number of hydrogen-bond acceptors (Lipinski definition) is 2. The Kier molecular flexibility index (Phi) is 2.97. The SMILES string of the molecule is CC(C)OC(=O)N1CC(F)(F)CC1C. The monoisotopic (exact) mass is 207 g/mol. The van der Waals surface area contributed by atoms with Crippen LogP contribution in [-0.4, -0.2) is 35.6 Å². The van der Waals surface area contributed by atoms with Crippen LogP contribution in [0.5, 0.6) is 0 Å². The number of nitrogens with zero attached hydrogens (tertiary/aromatic N) is 1. The molecule has 0 aromatic heterocycles. The third kappa shape index (κ3) is 2.56. The zero-order chi connectivity index (χ0) is 10.9. The molecule has 1 saturated heterocycles. The number of halogens is 2. The number of amides is 1. The maximum absolute atomic E-state index is 12.9. The van der Waals surface area contributed by atoms with Gasteiger partial charge in [-0.2, -0.15) is 0 Å². The van der Waals surface area contributed by atoms with Crippen molar-refractivity contribution >= 4 is 6.09 Å². The molecule has 1 rings (SSSR count). The van der Waals surface area contributed by atoms with Crippen molar-refractivity contribution in [1.29, 1.82) is 0 Å². The first kappa shape index (κ1) is 11.2. The molecule has 0 radical (unpaired) electrons. The van der Waals surface area contributed by atoms with E-state index in [0.717, 1.165) is 4.90 Å². The second-order valence-corrected chi connectivity index (χ2v) is 3.97. The van der Waals surface area contributed by atoms with Crippen LogP contribution in [0.25, 0.3) is 0 Å². The summed E-state index contributed by atoms with van der Waals surface area (Å²) in [6.45, 7) is 4.45. The Morgan fingerprint density at radius 2 is 2.14 bits per heavy atom. The fraction of sp³-hybridized carbons (Fsp3) is 0.889. The summed E-state index contributed by atoms with van der Waals surface area (Å²) in [6.07, 6.45) is -1.20. The summed E-state index contributed by atoms with van der Waals surface area (Å²) in [5, 5.41) is 0. The summed E-state index contributed by atoms with van der Waals surface area (Å²) >= 11 is 0. The molecule has 1 amide bonds. The Bertz CT molecular complexity index is 231. The number of hydrogen-bond donors (Lipinski definition) is 0. The predicted octanol–water partition coefficient (Wildman–Crippen LogP) is 2.26. The lowest BCUT2D eigenvalue weighted by Gasteiger charge is -2.21. The maximum atomic E-state index is 12.9. The van der Waals surface area contributed by atoms with E-state index in [0.29, 0.717) is 0 Å². The van der Waals surface area contributed by atoms with Gasteiger partial charge >= 0.3 is 6.09 Å². The van der Waals surface area contributed by atoms with Gasteiger partial charge in [0.15, 0.2) is 0 Å². The number of ether oxygens (including phenoxy) is 1. The second kappa shape index (κ2) is 3.71. The summed E-state index contributed by atoms with van der Waals surface area (Å²) in [5.74, 6) is -2.77. The normalized spacial score (nSPS) is 25.6. The van der Waals surface area contributed by atoms with Crippen LogP contribution in [0.15, 0.2) is 0 Å². The number of carbonyl (C=O) groups excluding carboxylic acids is 1. The summed E-state index contributed by atoms with van der Waals surface area (Å²) in [4.78, 5) is 12.4. The minimum atomic E-state index is -2.77. The van der Waals surface area contributed by atoms with E-state index >= 15 is 0 Å². The molecule has 1 atom stereocenters. The van der Waals surface area contributed by atoms with E-state index in [1.165, 1.54) is 0 Å². The minimum absolute atomic E-state index is 0.274. The first-order valence-corrected chi connectivity index (χ1v) is 4.67. The quantitative estimate of drug-likeness (QED) is 0.660. The van der Waals surface area contributed by atoms with Gasteiger partial charge in [0, 0.05) is 12.5 Å². The molecule has 0 aromatic carbocycles. The van der Waals surface area contributed by atoms with E-state index in [1.807, 2.05) is 0 Å². The topological polar surface area (TPSA) is 29.5 Å². The van der Waals surface area contributed by atoms with Crippen molar-refractivity contribution in [3.05, 3.63) is 0 Å². The third-order valence-corrected chi connectivity index (χ3v) is 2.10. The molecule has 5 heteroatoms. The van der Waals surface area contributed by atoms with Gasteiger partial charge < -0.3 is 4.74 Å². The molecule has 1 unspecified atom stereocenters. The molecule has 14 heavy (non-hydrogen) atoms. The first-order chi connectivity index (χ1) is 6.32. The lowest BCUT2D eigenvalue weighted by molar-refractivity contribution is 0.00845. The molecule has 82 valence electrons. The molecule has 0 aliphatic carbocycles. The van der Waals surface area contributed by atoms with Gasteiger partial charge in [0.25, 0.3) is 5.92 Å². The van der Waals surface area contributed by atoms with Crippen LogP contribution in [0.1, 0.15) is 27.2 Å². The molecule has 0 spiro atoms. The van der Waals surface area contributed by atoms with Gasteiger partial charge in [0.2, 0.25) is 0 Å². The van der Waals surface area contributed by atoms with E-state index in [2.05, 4.69) is 0 Å². The Labute approximate surface area is 82.0 Å². The average molecular weight is 207 g/mol. The number of carbonyl (C=O) groups is 1. The van der Waals surface area contributed by atoms with Crippen molar-refractivity contribution in [2.45, 2.75) is 45.3 Å². The average Bonchev–Trinajstić information content (AvgIpc) is 2.23. The van der Waals surface area contributed by atoms with Gasteiger partial charge in [-0.15, -0.1) is 0 Å². The lowest BCUT2D eigenvalue weighted by atomic mass is 10.2. The highest BCUT2D eigenvalue weighted by Crippen LogP contribution is 2.32. The molecule has 1 aliphatic rings. The van der Waals surface area contributed by atoms with E-state index in [-0.39, 0.29) is 12.5 Å². The molecule has 0 N–H and O–H groups in total. The predicted molar refractivity (Wildman–Crippen MR) is 47.3 cm³/mol. The van der Waals surface area contributed by atoms with Gasteiger partial charge in [-0.3, -0.25) is 4.90 Å². The van der Waals surface area contributed by atoms with E-state index in [4.69, 9.17) is 4.74 Å². The molecular weight excluding hydrogens is 192 g/mol. The van der Waals surface area contributed by atoms with Crippen LogP contribution in [0.3, 0.4) is 0 Å². The van der Waals surface area contributed by atoms with Crippen molar-refractivity contribution in [2.75, 3.05) is 6.54 Å². The number of rotatable bonds is 1. The minimum Gasteiger partial charge on any atom is -0.447 e. The van der Waals surface area contributed by atoms with Gasteiger partial charge in [-0.05, 0) is 20.8 Å². The fourth-order valence-electron chi connectivity index (χ4n) is 1.53. The summed E-state index contributed by atoms with van der Waals surface area (Å²) < 4.78 is 30.6. The largest absolute Gasteiger partial charge is 0.447 e. The van der Waals surface area contributed by atoms with Crippen molar-refractivity contribution < 1.29 is 18.3 Å². The van der Waals surface area contributed by atoms with Gasteiger partial charge in [-0.1, -0.05) is 0 Å². The molecular formula is C9H15F2NO2. The van der Waals surface area contributed by atoms with Crippen LogP contribution < -0.4 is 0 Å². The van der Waals surface area contributed by atoms with Gasteiger partial charge in [0.05, 0.1) is 12.6 Å². The molecule has 1 heterocycles.